The Morgan fingerprint density at radius 2 is 2.07 bits per heavy atom. The second-order valence-electron chi connectivity index (χ2n) is 6.06. The van der Waals surface area contributed by atoms with E-state index >= 15 is 0 Å². The highest BCUT2D eigenvalue weighted by Crippen LogP contribution is 2.26. The predicted molar refractivity (Wildman–Crippen MR) is 113 cm³/mol. The summed E-state index contributed by atoms with van der Waals surface area (Å²) in [6, 6.07) is 6.61. The van der Waals surface area contributed by atoms with Gasteiger partial charge in [0, 0.05) is 27.8 Å². The molecule has 1 N–H and O–H groups in total. The molecule has 0 spiro atoms. The Hall–Kier alpha value is -2.81. The molecule has 11 heteroatoms. The van der Waals surface area contributed by atoms with Crippen molar-refractivity contribution in [1.29, 1.82) is 0 Å². The number of rotatable bonds is 7. The van der Waals surface area contributed by atoms with Crippen LogP contribution >= 0.6 is 34.8 Å². The molecule has 156 valence electrons. The van der Waals surface area contributed by atoms with Gasteiger partial charge in [0.1, 0.15) is 11.4 Å². The molecule has 0 aliphatic heterocycles. The molecule has 1 amide bonds. The summed E-state index contributed by atoms with van der Waals surface area (Å²) < 4.78 is 11.0. The zero-order chi connectivity index (χ0) is 21.7. The second kappa shape index (κ2) is 9.80. The van der Waals surface area contributed by atoms with Crippen molar-refractivity contribution in [3.8, 4) is 0 Å². The van der Waals surface area contributed by atoms with Crippen LogP contribution in [0.1, 0.15) is 16.8 Å². The molecule has 0 bridgehead atoms. The minimum atomic E-state index is -0.714. The van der Waals surface area contributed by atoms with Crippen LogP contribution in [0.2, 0.25) is 15.2 Å². The maximum Gasteiger partial charge on any atom is 0.331 e. The number of halogens is 3. The number of nitrogens with zero attached hydrogens (tertiary/aromatic N) is 3. The first kappa shape index (κ1) is 21.9. The van der Waals surface area contributed by atoms with E-state index in [0.29, 0.717) is 33.0 Å². The molecule has 2 aromatic heterocycles. The van der Waals surface area contributed by atoms with Crippen molar-refractivity contribution >= 4 is 58.6 Å². The minimum absolute atomic E-state index is 0.224. The number of ether oxygens (including phenoxy) is 1. The molecule has 0 aliphatic carbocycles. The van der Waals surface area contributed by atoms with Crippen LogP contribution in [0.3, 0.4) is 0 Å². The molecule has 0 saturated carbocycles. The van der Waals surface area contributed by atoms with Crippen molar-refractivity contribution in [2.45, 2.75) is 13.5 Å². The zero-order valence-corrected chi connectivity index (χ0v) is 17.8. The van der Waals surface area contributed by atoms with Gasteiger partial charge < -0.3 is 14.6 Å². The summed E-state index contributed by atoms with van der Waals surface area (Å²) in [5.41, 5.74) is 1.95. The Kier molecular flexibility index (Phi) is 7.15. The van der Waals surface area contributed by atoms with Gasteiger partial charge in [-0.2, -0.15) is 5.10 Å². The fourth-order valence-electron chi connectivity index (χ4n) is 2.46. The van der Waals surface area contributed by atoms with Crippen molar-refractivity contribution < 1.29 is 18.8 Å². The Morgan fingerprint density at radius 1 is 1.27 bits per heavy atom. The van der Waals surface area contributed by atoms with Gasteiger partial charge in [-0.1, -0.05) is 46.0 Å². The lowest BCUT2D eigenvalue weighted by Gasteiger charge is -2.06. The molecule has 0 atom stereocenters. The number of carbonyl (C=O) groups is 2. The monoisotopic (exact) mass is 468 g/mol. The van der Waals surface area contributed by atoms with E-state index in [4.69, 9.17) is 39.5 Å². The van der Waals surface area contributed by atoms with E-state index < -0.39 is 18.5 Å². The number of esters is 1. The number of hydrogen-bond acceptors (Lipinski definition) is 6. The third-order valence-corrected chi connectivity index (χ3v) is 4.87. The number of aromatic nitrogens is 3. The van der Waals surface area contributed by atoms with Crippen LogP contribution < -0.4 is 5.32 Å². The van der Waals surface area contributed by atoms with E-state index in [2.05, 4.69) is 20.1 Å². The van der Waals surface area contributed by atoms with E-state index in [0.717, 1.165) is 5.56 Å². The number of carbonyl (C=O) groups excluding carboxylic acids is 2. The molecular weight excluding hydrogens is 455 g/mol. The van der Waals surface area contributed by atoms with Gasteiger partial charge in [0.25, 0.3) is 5.91 Å². The van der Waals surface area contributed by atoms with E-state index in [1.165, 1.54) is 24.5 Å². The average Bonchev–Trinajstić information content (AvgIpc) is 3.29. The van der Waals surface area contributed by atoms with Crippen LogP contribution in [0.15, 0.2) is 41.1 Å². The lowest BCUT2D eigenvalue weighted by Crippen LogP contribution is -2.20. The van der Waals surface area contributed by atoms with Gasteiger partial charge in [0.2, 0.25) is 0 Å². The number of amides is 1. The molecule has 30 heavy (non-hydrogen) atoms. The third-order valence-electron chi connectivity index (χ3n) is 3.88. The molecule has 0 saturated heterocycles. The standard InChI is InChI=1S/C19H15Cl3N4O4/c1-11-14(4-5-18(28)29-10-17(27)23-16-6-7-30-25-16)19(22)26(24-11)9-12-2-3-13(20)8-15(12)21/h2-8H,9-10H2,1H3,(H,23,25,27)/b5-4+. The number of aryl methyl sites for hydroxylation is 1. The Labute approximate surface area is 186 Å². The Morgan fingerprint density at radius 3 is 2.77 bits per heavy atom. The molecule has 3 aromatic rings. The first-order valence-corrected chi connectivity index (χ1v) is 9.69. The van der Waals surface area contributed by atoms with Gasteiger partial charge in [-0.25, -0.2) is 9.48 Å². The minimum Gasteiger partial charge on any atom is -0.452 e. The van der Waals surface area contributed by atoms with Crippen molar-refractivity contribution in [2.75, 3.05) is 11.9 Å². The normalized spacial score (nSPS) is 11.1. The Bertz CT molecular complexity index is 1090. The van der Waals surface area contributed by atoms with Crippen LogP contribution in [0.25, 0.3) is 6.08 Å². The van der Waals surface area contributed by atoms with Crippen LogP contribution in [-0.2, 0) is 20.9 Å². The van der Waals surface area contributed by atoms with Crippen molar-refractivity contribution in [3.63, 3.8) is 0 Å². The largest absolute Gasteiger partial charge is 0.452 e. The van der Waals surface area contributed by atoms with Crippen LogP contribution in [0, 0.1) is 6.92 Å². The SMILES string of the molecule is Cc1nn(Cc2ccc(Cl)cc2Cl)c(Cl)c1/C=C/C(=O)OCC(=O)Nc1ccon1. The third kappa shape index (κ3) is 5.63. The van der Waals surface area contributed by atoms with Crippen molar-refractivity contribution in [1.82, 2.24) is 14.9 Å². The second-order valence-corrected chi connectivity index (χ2v) is 7.26. The van der Waals surface area contributed by atoms with E-state index in [9.17, 15) is 9.59 Å². The first-order chi connectivity index (χ1) is 14.3. The molecule has 0 radical (unpaired) electrons. The summed E-state index contributed by atoms with van der Waals surface area (Å²) in [5, 5.41) is 11.7. The summed E-state index contributed by atoms with van der Waals surface area (Å²) in [6.45, 7) is 1.61. The summed E-state index contributed by atoms with van der Waals surface area (Å²) >= 11 is 18.5. The van der Waals surface area contributed by atoms with Gasteiger partial charge in [-0.05, 0) is 30.7 Å². The highest BCUT2D eigenvalue weighted by atomic mass is 35.5. The highest BCUT2D eigenvalue weighted by molar-refractivity contribution is 6.35. The molecule has 8 nitrogen and oxygen atoms in total. The number of nitrogens with one attached hydrogen (secondary N) is 1. The van der Waals surface area contributed by atoms with Crippen LogP contribution in [0.4, 0.5) is 5.82 Å². The fraction of sp³-hybridized carbons (Fsp3) is 0.158. The van der Waals surface area contributed by atoms with Gasteiger partial charge in [-0.15, -0.1) is 0 Å². The lowest BCUT2D eigenvalue weighted by atomic mass is 10.2. The molecule has 3 rings (SSSR count). The van der Waals surface area contributed by atoms with Gasteiger partial charge >= 0.3 is 5.97 Å². The predicted octanol–water partition coefficient (Wildman–Crippen LogP) is 4.38. The summed E-state index contributed by atoms with van der Waals surface area (Å²) in [5.74, 6) is -1.04. The summed E-state index contributed by atoms with van der Waals surface area (Å²) in [7, 11) is 0. The van der Waals surface area contributed by atoms with E-state index in [1.54, 1.807) is 29.8 Å². The highest BCUT2D eigenvalue weighted by Gasteiger charge is 2.14. The van der Waals surface area contributed by atoms with Crippen LogP contribution in [0.5, 0.6) is 0 Å². The van der Waals surface area contributed by atoms with Crippen LogP contribution in [-0.4, -0.2) is 33.4 Å². The number of anilines is 1. The quantitative estimate of drug-likeness (QED) is 0.407. The fourth-order valence-corrected chi connectivity index (χ4v) is 3.23. The maximum atomic E-state index is 11.9. The smallest absolute Gasteiger partial charge is 0.331 e. The molecule has 0 unspecified atom stereocenters. The first-order valence-electron chi connectivity index (χ1n) is 8.55. The molecule has 0 fully saturated rings. The van der Waals surface area contributed by atoms with Crippen molar-refractivity contribution in [2.24, 2.45) is 0 Å². The molecule has 1 aromatic carbocycles. The van der Waals surface area contributed by atoms with E-state index in [-0.39, 0.29) is 5.82 Å². The summed E-state index contributed by atoms with van der Waals surface area (Å²) in [4.78, 5) is 23.6. The average molecular weight is 470 g/mol. The number of hydrogen-bond donors (Lipinski definition) is 1. The molecule has 0 aliphatic rings. The van der Waals surface area contributed by atoms with Crippen molar-refractivity contribution in [3.05, 3.63) is 68.6 Å². The molecule has 2 heterocycles. The van der Waals surface area contributed by atoms with Gasteiger partial charge in [0.05, 0.1) is 12.2 Å². The summed E-state index contributed by atoms with van der Waals surface area (Å²) in [6.07, 6.45) is 3.94. The van der Waals surface area contributed by atoms with Gasteiger partial charge in [-0.3, -0.25) is 4.79 Å². The van der Waals surface area contributed by atoms with E-state index in [1.807, 2.05) is 0 Å². The lowest BCUT2D eigenvalue weighted by molar-refractivity contribution is -0.142. The molecular formula is C19H15Cl3N4O4. The Balaban J connectivity index is 1.61. The zero-order valence-electron chi connectivity index (χ0n) is 15.6. The maximum absolute atomic E-state index is 11.9. The topological polar surface area (TPSA) is 99.2 Å². The van der Waals surface area contributed by atoms with Gasteiger partial charge in [0.15, 0.2) is 12.4 Å². The number of benzene rings is 1.